The van der Waals surface area contributed by atoms with Gasteiger partial charge in [0.15, 0.2) is 0 Å². The minimum Gasteiger partial charge on any atom is -0.388 e. The van der Waals surface area contributed by atoms with Gasteiger partial charge in [-0.1, -0.05) is 51.1 Å². The van der Waals surface area contributed by atoms with E-state index in [1.165, 1.54) is 11.8 Å². The third-order valence-corrected chi connectivity index (χ3v) is 3.55. The Balaban J connectivity index is 2.35. The maximum absolute atomic E-state index is 11.7. The van der Waals surface area contributed by atoms with Crippen LogP contribution in [-0.2, 0) is 4.79 Å². The highest BCUT2D eigenvalue weighted by atomic mass is 32.2. The second kappa shape index (κ2) is 6.22. The SMILES string of the molecule is CC(C)(C)C(=O)CSCC(O)c1ccccc1. The van der Waals surface area contributed by atoms with Gasteiger partial charge in [0, 0.05) is 11.2 Å². The van der Waals surface area contributed by atoms with E-state index in [0.717, 1.165) is 5.56 Å². The molecule has 1 aromatic rings. The van der Waals surface area contributed by atoms with Crippen molar-refractivity contribution in [2.75, 3.05) is 11.5 Å². The summed E-state index contributed by atoms with van der Waals surface area (Å²) in [5.41, 5.74) is 0.619. The highest BCUT2D eigenvalue weighted by Crippen LogP contribution is 2.21. The van der Waals surface area contributed by atoms with Gasteiger partial charge in [-0.3, -0.25) is 4.79 Å². The van der Waals surface area contributed by atoms with Crippen LogP contribution in [0.25, 0.3) is 0 Å². The van der Waals surface area contributed by atoms with Gasteiger partial charge in [0.2, 0.25) is 0 Å². The molecule has 0 radical (unpaired) electrons. The number of carbonyl (C=O) groups excluding carboxylic acids is 1. The summed E-state index contributed by atoms with van der Waals surface area (Å²) in [4.78, 5) is 11.7. The summed E-state index contributed by atoms with van der Waals surface area (Å²) in [5.74, 6) is 1.25. The number of aliphatic hydroxyl groups excluding tert-OH is 1. The highest BCUT2D eigenvalue weighted by molar-refractivity contribution is 7.99. The lowest BCUT2D eigenvalue weighted by Gasteiger charge is -2.17. The van der Waals surface area contributed by atoms with E-state index in [1.807, 2.05) is 51.1 Å². The third kappa shape index (κ3) is 4.92. The van der Waals surface area contributed by atoms with Crippen LogP contribution in [0.15, 0.2) is 30.3 Å². The molecular formula is C14H20O2S. The summed E-state index contributed by atoms with van der Waals surface area (Å²) >= 11 is 1.49. The van der Waals surface area contributed by atoms with E-state index in [0.29, 0.717) is 11.5 Å². The van der Waals surface area contributed by atoms with E-state index in [2.05, 4.69) is 0 Å². The van der Waals surface area contributed by atoms with E-state index in [1.54, 1.807) is 0 Å². The zero-order valence-corrected chi connectivity index (χ0v) is 11.5. The molecule has 1 rings (SSSR count). The van der Waals surface area contributed by atoms with Crippen LogP contribution in [0.2, 0.25) is 0 Å². The van der Waals surface area contributed by atoms with Crippen LogP contribution in [0.3, 0.4) is 0 Å². The van der Waals surface area contributed by atoms with Crippen LogP contribution in [-0.4, -0.2) is 22.4 Å². The van der Waals surface area contributed by atoms with Crippen LogP contribution < -0.4 is 0 Å². The summed E-state index contributed by atoms with van der Waals surface area (Å²) < 4.78 is 0. The maximum atomic E-state index is 11.7. The molecule has 0 bridgehead atoms. The number of hydrogen-bond acceptors (Lipinski definition) is 3. The smallest absolute Gasteiger partial charge is 0.148 e. The second-order valence-electron chi connectivity index (χ2n) is 5.11. The standard InChI is InChI=1S/C14H20O2S/c1-14(2,3)13(16)10-17-9-12(15)11-7-5-4-6-8-11/h4-8,12,15H,9-10H2,1-3H3. The van der Waals surface area contributed by atoms with Crippen molar-refractivity contribution in [3.05, 3.63) is 35.9 Å². The number of Topliss-reactive ketones (excluding diaryl/α,β-unsaturated/α-hetero) is 1. The van der Waals surface area contributed by atoms with Crippen LogP contribution >= 0.6 is 11.8 Å². The topological polar surface area (TPSA) is 37.3 Å². The molecule has 0 aromatic heterocycles. The zero-order valence-electron chi connectivity index (χ0n) is 10.6. The third-order valence-electron chi connectivity index (χ3n) is 2.53. The Morgan fingerprint density at radius 3 is 2.41 bits per heavy atom. The minimum absolute atomic E-state index is 0.225. The Kier molecular flexibility index (Phi) is 5.22. The summed E-state index contributed by atoms with van der Waals surface area (Å²) in [5, 5.41) is 9.90. The molecule has 0 aliphatic heterocycles. The number of rotatable bonds is 5. The van der Waals surface area contributed by atoms with Crippen molar-refractivity contribution < 1.29 is 9.90 Å². The molecular weight excluding hydrogens is 232 g/mol. The Morgan fingerprint density at radius 1 is 1.29 bits per heavy atom. The monoisotopic (exact) mass is 252 g/mol. The van der Waals surface area contributed by atoms with Gasteiger partial charge in [0.05, 0.1) is 11.9 Å². The Morgan fingerprint density at radius 2 is 1.88 bits per heavy atom. The van der Waals surface area contributed by atoms with Gasteiger partial charge in [0.25, 0.3) is 0 Å². The van der Waals surface area contributed by atoms with E-state index in [9.17, 15) is 9.90 Å². The molecule has 1 atom stereocenters. The summed E-state index contributed by atoms with van der Waals surface area (Å²) in [7, 11) is 0. The van der Waals surface area contributed by atoms with Gasteiger partial charge in [-0.25, -0.2) is 0 Å². The lowest BCUT2D eigenvalue weighted by atomic mass is 9.92. The number of aliphatic hydroxyl groups is 1. The van der Waals surface area contributed by atoms with Crippen LogP contribution in [0, 0.1) is 5.41 Å². The zero-order chi connectivity index (χ0) is 12.9. The van der Waals surface area contributed by atoms with Gasteiger partial charge < -0.3 is 5.11 Å². The number of hydrogen-bond donors (Lipinski definition) is 1. The first-order valence-electron chi connectivity index (χ1n) is 5.75. The maximum Gasteiger partial charge on any atom is 0.148 e. The first-order chi connectivity index (χ1) is 7.91. The van der Waals surface area contributed by atoms with Crippen LogP contribution in [0.1, 0.15) is 32.4 Å². The molecule has 0 saturated carbocycles. The van der Waals surface area contributed by atoms with Crippen molar-refractivity contribution >= 4 is 17.5 Å². The fourth-order valence-corrected chi connectivity index (χ4v) is 2.40. The quantitative estimate of drug-likeness (QED) is 0.875. The Labute approximate surface area is 107 Å². The van der Waals surface area contributed by atoms with Gasteiger partial charge >= 0.3 is 0 Å². The number of carbonyl (C=O) groups is 1. The number of thioether (sulfide) groups is 1. The molecule has 1 N–H and O–H groups in total. The van der Waals surface area contributed by atoms with Crippen molar-refractivity contribution in [3.8, 4) is 0 Å². The molecule has 3 heteroatoms. The van der Waals surface area contributed by atoms with Gasteiger partial charge in [-0.05, 0) is 5.56 Å². The molecule has 2 nitrogen and oxygen atoms in total. The van der Waals surface area contributed by atoms with Crippen molar-refractivity contribution in [1.82, 2.24) is 0 Å². The van der Waals surface area contributed by atoms with E-state index >= 15 is 0 Å². The fraction of sp³-hybridized carbons (Fsp3) is 0.500. The van der Waals surface area contributed by atoms with Crippen LogP contribution in [0.5, 0.6) is 0 Å². The second-order valence-corrected chi connectivity index (χ2v) is 6.15. The molecule has 0 heterocycles. The molecule has 1 unspecified atom stereocenters. The van der Waals surface area contributed by atoms with Gasteiger partial charge in [-0.15, -0.1) is 0 Å². The Bertz CT molecular complexity index is 354. The van der Waals surface area contributed by atoms with Crippen LogP contribution in [0.4, 0.5) is 0 Å². The predicted molar refractivity (Wildman–Crippen MR) is 73.2 cm³/mol. The van der Waals surface area contributed by atoms with E-state index < -0.39 is 6.10 Å². The molecule has 94 valence electrons. The molecule has 0 aliphatic rings. The van der Waals surface area contributed by atoms with Crippen molar-refractivity contribution in [3.63, 3.8) is 0 Å². The molecule has 0 aliphatic carbocycles. The summed E-state index contributed by atoms with van der Waals surface area (Å²) in [6.45, 7) is 5.76. The highest BCUT2D eigenvalue weighted by Gasteiger charge is 2.21. The summed E-state index contributed by atoms with van der Waals surface area (Å²) in [6.07, 6.45) is -0.492. The molecule has 0 fully saturated rings. The minimum atomic E-state index is -0.492. The Hall–Kier alpha value is -0.800. The van der Waals surface area contributed by atoms with E-state index in [4.69, 9.17) is 0 Å². The van der Waals surface area contributed by atoms with E-state index in [-0.39, 0.29) is 11.2 Å². The largest absolute Gasteiger partial charge is 0.388 e. The lowest BCUT2D eigenvalue weighted by Crippen LogP contribution is -2.22. The fourth-order valence-electron chi connectivity index (χ4n) is 1.25. The molecule has 0 saturated heterocycles. The lowest BCUT2D eigenvalue weighted by molar-refractivity contribution is -0.123. The van der Waals surface area contributed by atoms with Gasteiger partial charge in [0.1, 0.15) is 5.78 Å². The first-order valence-corrected chi connectivity index (χ1v) is 6.91. The molecule has 0 spiro atoms. The van der Waals surface area contributed by atoms with Gasteiger partial charge in [-0.2, -0.15) is 11.8 Å². The van der Waals surface area contributed by atoms with Crippen molar-refractivity contribution in [1.29, 1.82) is 0 Å². The molecule has 17 heavy (non-hydrogen) atoms. The average molecular weight is 252 g/mol. The predicted octanol–water partition coefficient (Wildman–Crippen LogP) is 3.07. The molecule has 0 amide bonds. The number of benzene rings is 1. The summed E-state index contributed by atoms with van der Waals surface area (Å²) in [6, 6.07) is 9.53. The normalized spacial score (nSPS) is 13.4. The van der Waals surface area contributed by atoms with Crippen molar-refractivity contribution in [2.45, 2.75) is 26.9 Å². The van der Waals surface area contributed by atoms with Crippen molar-refractivity contribution in [2.24, 2.45) is 5.41 Å². The molecule has 1 aromatic carbocycles. The average Bonchev–Trinajstić information content (AvgIpc) is 2.28. The number of ketones is 1. The first kappa shape index (κ1) is 14.3.